The first kappa shape index (κ1) is 25.2. The number of rotatable bonds is 9. The summed E-state index contributed by atoms with van der Waals surface area (Å²) in [5, 5.41) is 10.0. The zero-order valence-corrected chi connectivity index (χ0v) is 18.9. The zero-order valence-electron chi connectivity index (χ0n) is 18.2. The summed E-state index contributed by atoms with van der Waals surface area (Å²) in [6.07, 6.45) is 3.03. The number of benzene rings is 1. The lowest BCUT2D eigenvalue weighted by Gasteiger charge is -2.31. The van der Waals surface area contributed by atoms with E-state index in [4.69, 9.17) is 16.3 Å². The molecule has 1 heterocycles. The van der Waals surface area contributed by atoms with Crippen LogP contribution in [0, 0.1) is 5.82 Å². The molecule has 10 heteroatoms. The van der Waals surface area contributed by atoms with Crippen LogP contribution in [0.25, 0.3) is 0 Å². The zero-order chi connectivity index (χ0) is 23.7. The van der Waals surface area contributed by atoms with E-state index in [1.54, 1.807) is 39.0 Å². The third-order valence-electron chi connectivity index (χ3n) is 4.27. The maximum Gasteiger partial charge on any atom is 0.325 e. The van der Waals surface area contributed by atoms with Crippen molar-refractivity contribution in [1.29, 1.82) is 0 Å². The Bertz CT molecular complexity index is 937. The second kappa shape index (κ2) is 11.5. The molecule has 1 atom stereocenters. The van der Waals surface area contributed by atoms with Gasteiger partial charge in [-0.15, -0.1) is 11.6 Å². The van der Waals surface area contributed by atoms with E-state index in [0.717, 1.165) is 0 Å². The lowest BCUT2D eigenvalue weighted by atomic mass is 10.1. The predicted octanol–water partition coefficient (Wildman–Crippen LogP) is 2.42. The summed E-state index contributed by atoms with van der Waals surface area (Å²) >= 11 is 5.81. The van der Waals surface area contributed by atoms with Gasteiger partial charge in [0.1, 0.15) is 29.9 Å². The van der Waals surface area contributed by atoms with Gasteiger partial charge in [0.05, 0.1) is 6.20 Å². The van der Waals surface area contributed by atoms with Crippen LogP contribution in [-0.2, 0) is 25.5 Å². The molecule has 0 radical (unpaired) electrons. The molecule has 2 rings (SSSR count). The molecule has 0 aliphatic rings. The summed E-state index contributed by atoms with van der Waals surface area (Å²) < 4.78 is 18.7. The first-order chi connectivity index (χ1) is 15.1. The molecule has 1 N–H and O–H groups in total. The quantitative estimate of drug-likeness (QED) is 0.451. The Kier molecular flexibility index (Phi) is 9.07. The fourth-order valence-corrected chi connectivity index (χ4v) is 3.14. The molecule has 1 aromatic carbocycles. The Labute approximate surface area is 191 Å². The van der Waals surface area contributed by atoms with Crippen molar-refractivity contribution in [3.8, 4) is 0 Å². The Hall–Kier alpha value is -3.07. The highest BCUT2D eigenvalue weighted by Crippen LogP contribution is 2.22. The first-order valence-electron chi connectivity index (χ1n) is 9.96. The second-order valence-electron chi connectivity index (χ2n) is 7.98. The summed E-state index contributed by atoms with van der Waals surface area (Å²) in [6.45, 7) is 4.85. The Morgan fingerprint density at radius 1 is 1.22 bits per heavy atom. The summed E-state index contributed by atoms with van der Waals surface area (Å²) in [6, 6.07) is 6.39. The maximum absolute atomic E-state index is 13.5. The minimum Gasteiger partial charge on any atom is -0.459 e. The number of esters is 1. The first-order valence-corrected chi connectivity index (χ1v) is 10.5. The van der Waals surface area contributed by atoms with Gasteiger partial charge in [0.25, 0.3) is 0 Å². The summed E-state index contributed by atoms with van der Waals surface area (Å²) in [7, 11) is 0. The number of carbonyl (C=O) groups excluding carboxylic acids is 3. The van der Waals surface area contributed by atoms with Gasteiger partial charge in [0, 0.05) is 18.3 Å². The molecule has 1 unspecified atom stereocenters. The maximum atomic E-state index is 13.5. The number of hydrogen-bond acceptors (Lipinski definition) is 6. The minimum atomic E-state index is -1.12. The SMILES string of the molecule is CC(C)(C)OC(=O)CNC(=O)C(c1ccnnc1)N(CCc1cccc(F)c1)C(=O)CCl. The molecule has 0 bridgehead atoms. The molecule has 0 spiro atoms. The lowest BCUT2D eigenvalue weighted by Crippen LogP contribution is -2.46. The van der Waals surface area contributed by atoms with Crippen molar-refractivity contribution in [1.82, 2.24) is 20.4 Å². The number of aromatic nitrogens is 2. The summed E-state index contributed by atoms with van der Waals surface area (Å²) in [5.41, 5.74) is 0.333. The average Bonchev–Trinajstić information content (AvgIpc) is 2.74. The van der Waals surface area contributed by atoms with E-state index in [-0.39, 0.29) is 25.4 Å². The Morgan fingerprint density at radius 3 is 2.56 bits per heavy atom. The molecule has 8 nitrogen and oxygen atoms in total. The van der Waals surface area contributed by atoms with Gasteiger partial charge in [-0.1, -0.05) is 12.1 Å². The van der Waals surface area contributed by atoms with Crippen molar-refractivity contribution in [2.45, 2.75) is 38.8 Å². The van der Waals surface area contributed by atoms with Crippen LogP contribution < -0.4 is 5.32 Å². The summed E-state index contributed by atoms with van der Waals surface area (Å²) in [4.78, 5) is 39.0. The normalized spacial score (nSPS) is 12.0. The van der Waals surface area contributed by atoms with Gasteiger partial charge in [-0.3, -0.25) is 14.4 Å². The van der Waals surface area contributed by atoms with Gasteiger partial charge in [0.2, 0.25) is 11.8 Å². The fourth-order valence-electron chi connectivity index (χ4n) is 2.99. The highest BCUT2D eigenvalue weighted by Gasteiger charge is 2.31. The Balaban J connectivity index is 2.25. The number of hydrogen-bond donors (Lipinski definition) is 1. The van der Waals surface area contributed by atoms with Crippen molar-refractivity contribution in [3.63, 3.8) is 0 Å². The van der Waals surface area contributed by atoms with E-state index in [1.807, 2.05) is 0 Å². The molecule has 2 amide bonds. The largest absolute Gasteiger partial charge is 0.459 e. The van der Waals surface area contributed by atoms with Gasteiger partial charge in [-0.05, 0) is 51.0 Å². The molecule has 0 saturated carbocycles. The van der Waals surface area contributed by atoms with Crippen LogP contribution >= 0.6 is 11.6 Å². The van der Waals surface area contributed by atoms with Crippen LogP contribution in [0.15, 0.2) is 42.7 Å². The molecule has 0 saturated heterocycles. The second-order valence-corrected chi connectivity index (χ2v) is 8.25. The molecule has 0 aliphatic heterocycles. The third-order valence-corrected chi connectivity index (χ3v) is 4.50. The van der Waals surface area contributed by atoms with E-state index in [1.165, 1.54) is 29.4 Å². The van der Waals surface area contributed by atoms with Gasteiger partial charge in [-0.25, -0.2) is 4.39 Å². The monoisotopic (exact) mass is 464 g/mol. The standard InChI is InChI=1S/C22H26ClFN4O4/c1-22(2,3)32-19(30)14-25-21(31)20(16-7-9-26-27-13-16)28(18(29)12-23)10-8-15-5-4-6-17(24)11-15/h4-7,9,11,13,20H,8,10,12,14H2,1-3H3,(H,25,31). The van der Waals surface area contributed by atoms with Crippen LogP contribution in [0.1, 0.15) is 37.9 Å². The number of nitrogens with zero attached hydrogens (tertiary/aromatic N) is 3. The van der Waals surface area contributed by atoms with Crippen molar-refractivity contribution in [3.05, 3.63) is 59.7 Å². The number of nitrogens with one attached hydrogen (secondary N) is 1. The number of carbonyl (C=O) groups is 3. The van der Waals surface area contributed by atoms with Gasteiger partial charge >= 0.3 is 5.97 Å². The smallest absolute Gasteiger partial charge is 0.325 e. The van der Waals surface area contributed by atoms with Gasteiger partial charge < -0.3 is 15.0 Å². The van der Waals surface area contributed by atoms with Gasteiger partial charge in [0.15, 0.2) is 0 Å². The topological polar surface area (TPSA) is 101 Å². The predicted molar refractivity (Wildman–Crippen MR) is 116 cm³/mol. The lowest BCUT2D eigenvalue weighted by molar-refractivity contribution is -0.154. The molecule has 2 aromatic rings. The number of halogens is 2. The van der Waals surface area contributed by atoms with Crippen molar-refractivity contribution in [2.24, 2.45) is 0 Å². The molecule has 0 fully saturated rings. The molecule has 1 aromatic heterocycles. The summed E-state index contributed by atoms with van der Waals surface area (Å²) in [5.74, 6) is -2.49. The van der Waals surface area contributed by atoms with Crippen molar-refractivity contribution in [2.75, 3.05) is 19.0 Å². The third kappa shape index (κ3) is 7.88. The van der Waals surface area contributed by atoms with Gasteiger partial charge in [-0.2, -0.15) is 10.2 Å². The fraction of sp³-hybridized carbons (Fsp3) is 0.409. The number of amides is 2. The Morgan fingerprint density at radius 2 is 1.97 bits per heavy atom. The average molecular weight is 465 g/mol. The van der Waals surface area contributed by atoms with Crippen LogP contribution in [-0.4, -0.2) is 57.5 Å². The number of alkyl halides is 1. The molecular formula is C22H26ClFN4O4. The van der Waals surface area contributed by atoms with Crippen LogP contribution in [0.5, 0.6) is 0 Å². The van der Waals surface area contributed by atoms with E-state index in [0.29, 0.717) is 11.1 Å². The van der Waals surface area contributed by atoms with Crippen LogP contribution in [0.2, 0.25) is 0 Å². The van der Waals surface area contributed by atoms with Crippen LogP contribution in [0.4, 0.5) is 4.39 Å². The minimum absolute atomic E-state index is 0.0852. The van der Waals surface area contributed by atoms with E-state index in [2.05, 4.69) is 15.5 Å². The molecule has 32 heavy (non-hydrogen) atoms. The number of ether oxygens (including phenoxy) is 1. The van der Waals surface area contributed by atoms with Crippen LogP contribution in [0.3, 0.4) is 0 Å². The van der Waals surface area contributed by atoms with Crippen molar-refractivity contribution < 1.29 is 23.5 Å². The highest BCUT2D eigenvalue weighted by molar-refractivity contribution is 6.27. The van der Waals surface area contributed by atoms with Crippen molar-refractivity contribution >= 4 is 29.4 Å². The van der Waals surface area contributed by atoms with E-state index in [9.17, 15) is 18.8 Å². The molecular weight excluding hydrogens is 439 g/mol. The molecule has 0 aliphatic carbocycles. The highest BCUT2D eigenvalue weighted by atomic mass is 35.5. The van der Waals surface area contributed by atoms with E-state index >= 15 is 0 Å². The molecule has 172 valence electrons. The van der Waals surface area contributed by atoms with E-state index < -0.39 is 35.2 Å².